The van der Waals surface area contributed by atoms with E-state index >= 15 is 0 Å². The van der Waals surface area contributed by atoms with Crippen molar-refractivity contribution in [3.63, 3.8) is 0 Å². The molecule has 1 aliphatic rings. The summed E-state index contributed by atoms with van der Waals surface area (Å²) < 4.78 is 0. The number of hydrogen-bond donors (Lipinski definition) is 0. The first kappa shape index (κ1) is 8.26. The summed E-state index contributed by atoms with van der Waals surface area (Å²) in [4.78, 5) is 11.0. The average molecular weight is 151 g/mol. The molecule has 2 heteroatoms. The summed E-state index contributed by atoms with van der Waals surface area (Å²) in [6.07, 6.45) is 3.86. The van der Waals surface area contributed by atoms with E-state index in [1.54, 1.807) is 0 Å². The fourth-order valence-corrected chi connectivity index (χ4v) is 1.71. The molecule has 0 aromatic carbocycles. The molecular formula is C9H13NO. The Morgan fingerprint density at radius 2 is 2.45 bits per heavy atom. The highest BCUT2D eigenvalue weighted by molar-refractivity contribution is 5.79. The Kier molecular flexibility index (Phi) is 2.28. The number of nitrogens with zero attached hydrogens (tertiary/aromatic N) is 1. The minimum atomic E-state index is -0.00984. The van der Waals surface area contributed by atoms with Gasteiger partial charge in [-0.15, -0.1) is 0 Å². The van der Waals surface area contributed by atoms with Crippen molar-refractivity contribution >= 4 is 5.78 Å². The summed E-state index contributed by atoms with van der Waals surface area (Å²) in [7, 11) is 0. The number of carbonyl (C=O) groups is 1. The van der Waals surface area contributed by atoms with E-state index in [1.807, 2.05) is 6.92 Å². The fraction of sp³-hybridized carbons (Fsp3) is 0.778. The van der Waals surface area contributed by atoms with E-state index in [0.717, 1.165) is 19.3 Å². The molecule has 0 radical (unpaired) electrons. The molecule has 11 heavy (non-hydrogen) atoms. The summed E-state index contributed by atoms with van der Waals surface area (Å²) in [5.74, 6) is 0.328. The summed E-state index contributed by atoms with van der Waals surface area (Å²) >= 11 is 0. The molecule has 1 fully saturated rings. The van der Waals surface area contributed by atoms with Crippen LogP contribution in [0.1, 0.15) is 39.0 Å². The first-order chi connectivity index (χ1) is 5.16. The Balaban J connectivity index is 2.56. The highest BCUT2D eigenvalue weighted by atomic mass is 16.1. The van der Waals surface area contributed by atoms with Crippen LogP contribution in [-0.4, -0.2) is 5.78 Å². The highest BCUT2D eigenvalue weighted by Gasteiger charge is 2.30. The lowest BCUT2D eigenvalue weighted by atomic mass is 9.73. The Hall–Kier alpha value is -0.840. The smallest absolute Gasteiger partial charge is 0.133 e. The molecule has 1 saturated carbocycles. The number of carbonyl (C=O) groups excluding carboxylic acids is 1. The van der Waals surface area contributed by atoms with Gasteiger partial charge in [-0.1, -0.05) is 6.92 Å². The highest BCUT2D eigenvalue weighted by Crippen LogP contribution is 2.36. The first-order valence-corrected chi connectivity index (χ1v) is 4.05. The predicted molar refractivity (Wildman–Crippen MR) is 41.8 cm³/mol. The maximum atomic E-state index is 11.0. The van der Waals surface area contributed by atoms with Gasteiger partial charge < -0.3 is 0 Å². The van der Waals surface area contributed by atoms with E-state index in [9.17, 15) is 4.79 Å². The van der Waals surface area contributed by atoms with Crippen LogP contribution >= 0.6 is 0 Å². The Morgan fingerprint density at radius 1 is 1.73 bits per heavy atom. The average Bonchev–Trinajstić information content (AvgIpc) is 1.86. The van der Waals surface area contributed by atoms with Gasteiger partial charge in [-0.05, 0) is 18.3 Å². The number of ketones is 1. The molecule has 1 atom stereocenters. The SMILES string of the molecule is CC1(CC#N)CCCC(=O)C1. The monoisotopic (exact) mass is 151 g/mol. The van der Waals surface area contributed by atoms with Crippen LogP contribution in [0.3, 0.4) is 0 Å². The summed E-state index contributed by atoms with van der Waals surface area (Å²) in [6, 6.07) is 2.15. The van der Waals surface area contributed by atoms with E-state index in [-0.39, 0.29) is 5.41 Å². The van der Waals surface area contributed by atoms with Crippen LogP contribution in [0.2, 0.25) is 0 Å². The molecule has 1 unspecified atom stereocenters. The quantitative estimate of drug-likeness (QED) is 0.575. The number of nitriles is 1. The van der Waals surface area contributed by atoms with Gasteiger partial charge in [-0.25, -0.2) is 0 Å². The maximum Gasteiger partial charge on any atom is 0.133 e. The molecule has 0 aliphatic heterocycles. The van der Waals surface area contributed by atoms with Crippen LogP contribution in [0, 0.1) is 16.7 Å². The van der Waals surface area contributed by atoms with Gasteiger partial charge in [-0.3, -0.25) is 4.79 Å². The lowest BCUT2D eigenvalue weighted by Gasteiger charge is -2.29. The Labute approximate surface area is 67.2 Å². The largest absolute Gasteiger partial charge is 0.300 e. The summed E-state index contributed by atoms with van der Waals surface area (Å²) in [5.41, 5.74) is -0.00984. The van der Waals surface area contributed by atoms with E-state index in [0.29, 0.717) is 18.6 Å². The van der Waals surface area contributed by atoms with Gasteiger partial charge >= 0.3 is 0 Å². The molecule has 0 saturated heterocycles. The van der Waals surface area contributed by atoms with Gasteiger partial charge in [-0.2, -0.15) is 5.26 Å². The molecule has 0 heterocycles. The standard InChI is InChI=1S/C9H13NO/c1-9(5-6-10)4-2-3-8(11)7-9/h2-5,7H2,1H3. The van der Waals surface area contributed by atoms with Crippen LogP contribution in [-0.2, 0) is 4.79 Å². The van der Waals surface area contributed by atoms with Crippen molar-refractivity contribution in [2.75, 3.05) is 0 Å². The van der Waals surface area contributed by atoms with Gasteiger partial charge in [0.15, 0.2) is 0 Å². The maximum absolute atomic E-state index is 11.0. The molecule has 1 rings (SSSR count). The molecule has 0 amide bonds. The molecule has 0 bridgehead atoms. The molecule has 0 aromatic rings. The van der Waals surface area contributed by atoms with Crippen molar-refractivity contribution in [3.8, 4) is 6.07 Å². The van der Waals surface area contributed by atoms with Crippen molar-refractivity contribution in [1.82, 2.24) is 0 Å². The number of Topliss-reactive ketones (excluding diaryl/α,β-unsaturated/α-hetero) is 1. The number of hydrogen-bond acceptors (Lipinski definition) is 2. The second kappa shape index (κ2) is 3.04. The zero-order chi connectivity index (χ0) is 8.32. The van der Waals surface area contributed by atoms with Gasteiger partial charge in [0, 0.05) is 19.3 Å². The Morgan fingerprint density at radius 3 is 3.00 bits per heavy atom. The lowest BCUT2D eigenvalue weighted by molar-refractivity contribution is -0.123. The van der Waals surface area contributed by atoms with Crippen LogP contribution in [0.15, 0.2) is 0 Å². The van der Waals surface area contributed by atoms with Crippen LogP contribution < -0.4 is 0 Å². The van der Waals surface area contributed by atoms with Crippen molar-refractivity contribution in [1.29, 1.82) is 5.26 Å². The topological polar surface area (TPSA) is 40.9 Å². The van der Waals surface area contributed by atoms with Gasteiger partial charge in [0.25, 0.3) is 0 Å². The third kappa shape index (κ3) is 2.04. The second-order valence-corrected chi connectivity index (χ2v) is 3.71. The molecule has 0 N–H and O–H groups in total. The molecule has 0 aromatic heterocycles. The molecule has 1 aliphatic carbocycles. The normalized spacial score (nSPS) is 31.5. The second-order valence-electron chi connectivity index (χ2n) is 3.71. The zero-order valence-electron chi connectivity index (χ0n) is 6.89. The summed E-state index contributed by atoms with van der Waals surface area (Å²) in [5, 5.41) is 8.51. The molecule has 60 valence electrons. The first-order valence-electron chi connectivity index (χ1n) is 4.05. The van der Waals surface area contributed by atoms with Crippen molar-refractivity contribution in [3.05, 3.63) is 0 Å². The van der Waals surface area contributed by atoms with Crippen LogP contribution in [0.25, 0.3) is 0 Å². The molecular weight excluding hydrogens is 138 g/mol. The van der Waals surface area contributed by atoms with E-state index in [1.165, 1.54) is 0 Å². The molecule has 2 nitrogen and oxygen atoms in total. The third-order valence-corrected chi connectivity index (χ3v) is 2.37. The van der Waals surface area contributed by atoms with E-state index in [4.69, 9.17) is 5.26 Å². The van der Waals surface area contributed by atoms with Crippen molar-refractivity contribution in [2.45, 2.75) is 39.0 Å². The minimum Gasteiger partial charge on any atom is -0.300 e. The van der Waals surface area contributed by atoms with Gasteiger partial charge in [0.2, 0.25) is 0 Å². The fourth-order valence-electron chi connectivity index (χ4n) is 1.71. The minimum absolute atomic E-state index is 0.00984. The van der Waals surface area contributed by atoms with E-state index in [2.05, 4.69) is 6.07 Å². The van der Waals surface area contributed by atoms with Crippen molar-refractivity contribution < 1.29 is 4.79 Å². The van der Waals surface area contributed by atoms with Crippen LogP contribution in [0.4, 0.5) is 0 Å². The van der Waals surface area contributed by atoms with Crippen LogP contribution in [0.5, 0.6) is 0 Å². The Bertz CT molecular complexity index is 204. The zero-order valence-corrected chi connectivity index (χ0v) is 6.89. The lowest BCUT2D eigenvalue weighted by Crippen LogP contribution is -2.25. The van der Waals surface area contributed by atoms with Gasteiger partial charge in [0.05, 0.1) is 6.07 Å². The van der Waals surface area contributed by atoms with Crippen molar-refractivity contribution in [2.24, 2.45) is 5.41 Å². The number of rotatable bonds is 1. The molecule has 0 spiro atoms. The summed E-state index contributed by atoms with van der Waals surface area (Å²) in [6.45, 7) is 2.04. The van der Waals surface area contributed by atoms with Gasteiger partial charge in [0.1, 0.15) is 5.78 Å². The third-order valence-electron chi connectivity index (χ3n) is 2.37. The van der Waals surface area contributed by atoms with E-state index < -0.39 is 0 Å². The predicted octanol–water partition coefficient (Wildman–Crippen LogP) is 2.05.